The third-order valence-electron chi connectivity index (χ3n) is 7.45. The third-order valence-corrected chi connectivity index (χ3v) is 8.59. The molecule has 0 saturated carbocycles. The molecule has 1 N–H and O–H groups in total. The van der Waals surface area contributed by atoms with Gasteiger partial charge in [-0.05, 0) is 62.8 Å². The van der Waals surface area contributed by atoms with Crippen LogP contribution < -0.4 is 4.74 Å². The van der Waals surface area contributed by atoms with Crippen LogP contribution in [0.5, 0.6) is 5.75 Å². The monoisotopic (exact) mass is 558 g/mol. The molecule has 1 amide bonds. The van der Waals surface area contributed by atoms with E-state index in [0.717, 1.165) is 36.4 Å². The number of amides is 1. The number of fused-ring (bicyclic) bond motifs is 3. The Bertz CT molecular complexity index is 1610. The first-order valence-corrected chi connectivity index (χ1v) is 14.4. The summed E-state index contributed by atoms with van der Waals surface area (Å²) in [5.41, 5.74) is 3.28. The van der Waals surface area contributed by atoms with Crippen LogP contribution >= 0.6 is 11.3 Å². The number of imidazole rings is 1. The third kappa shape index (κ3) is 4.91. The minimum atomic E-state index is -0.741. The van der Waals surface area contributed by atoms with Crippen molar-refractivity contribution in [3.05, 3.63) is 88.7 Å². The summed E-state index contributed by atoms with van der Waals surface area (Å²) in [6.45, 7) is 13.2. The maximum absolute atomic E-state index is 14.2. The van der Waals surface area contributed by atoms with Crippen molar-refractivity contribution >= 4 is 39.0 Å². The molecular formula is C31H34N4O4S. The molecule has 5 rings (SSSR count). The standard InChI is InChI=1S/C31H34N4O4S/c1-5-18-39-22-13-10-12-21(19-22)26-25(28(37)30(38)34(26)17-11-16-33(6-2)7-3)27(36)29-20(4)35-24-15-9-8-14-23(24)32-31(35)40-29/h5,8-10,12-15,19,26,37H,1,6-7,11,16-18H2,2-4H3. The number of hydrogen-bond donors (Lipinski definition) is 1. The molecule has 40 heavy (non-hydrogen) atoms. The lowest BCUT2D eigenvalue weighted by Gasteiger charge is -2.28. The van der Waals surface area contributed by atoms with Crippen molar-refractivity contribution < 1.29 is 19.4 Å². The highest BCUT2D eigenvalue weighted by molar-refractivity contribution is 7.19. The second kappa shape index (κ2) is 11.7. The Labute approximate surface area is 237 Å². The highest BCUT2D eigenvalue weighted by Crippen LogP contribution is 2.41. The Morgan fingerprint density at radius 1 is 1.20 bits per heavy atom. The molecular weight excluding hydrogens is 524 g/mol. The number of carbonyl (C=O) groups excluding carboxylic acids is 2. The van der Waals surface area contributed by atoms with Gasteiger partial charge in [0, 0.05) is 12.2 Å². The first-order valence-electron chi connectivity index (χ1n) is 13.6. The molecule has 1 aliphatic rings. The predicted molar refractivity (Wildman–Crippen MR) is 158 cm³/mol. The SMILES string of the molecule is C=CCOc1cccc(C2C(C(=O)c3sc4nc5ccccc5n4c3C)=C(O)C(=O)N2CCCN(CC)CC)c1. The molecule has 208 valence electrons. The summed E-state index contributed by atoms with van der Waals surface area (Å²) in [7, 11) is 0. The van der Waals surface area contributed by atoms with Crippen LogP contribution in [0.1, 0.15) is 47.2 Å². The molecule has 0 radical (unpaired) electrons. The van der Waals surface area contributed by atoms with Crippen LogP contribution in [0.3, 0.4) is 0 Å². The summed E-state index contributed by atoms with van der Waals surface area (Å²) >= 11 is 1.27. The van der Waals surface area contributed by atoms with Crippen molar-refractivity contribution in [3.63, 3.8) is 0 Å². The van der Waals surface area contributed by atoms with Gasteiger partial charge in [0.15, 0.2) is 10.7 Å². The Morgan fingerprint density at radius 3 is 2.73 bits per heavy atom. The number of thiazole rings is 1. The largest absolute Gasteiger partial charge is 0.503 e. The second-order valence-electron chi connectivity index (χ2n) is 9.78. The molecule has 1 atom stereocenters. The van der Waals surface area contributed by atoms with E-state index < -0.39 is 17.7 Å². The van der Waals surface area contributed by atoms with E-state index in [1.54, 1.807) is 11.0 Å². The molecule has 2 aromatic carbocycles. The van der Waals surface area contributed by atoms with Crippen molar-refractivity contribution in [2.24, 2.45) is 0 Å². The van der Waals surface area contributed by atoms with Crippen molar-refractivity contribution in [2.45, 2.75) is 33.2 Å². The number of aliphatic hydroxyl groups is 1. The molecule has 0 spiro atoms. The van der Waals surface area contributed by atoms with E-state index in [0.29, 0.717) is 40.7 Å². The van der Waals surface area contributed by atoms with Crippen LogP contribution in [0.15, 0.2) is 72.5 Å². The van der Waals surface area contributed by atoms with Gasteiger partial charge in [-0.1, -0.05) is 62.1 Å². The summed E-state index contributed by atoms with van der Waals surface area (Å²) in [6, 6.07) is 14.4. The first kappa shape index (κ1) is 27.6. The van der Waals surface area contributed by atoms with Crippen LogP contribution in [0.2, 0.25) is 0 Å². The Hall–Kier alpha value is -3.95. The number of carbonyl (C=O) groups is 2. The Morgan fingerprint density at radius 2 is 1.98 bits per heavy atom. The molecule has 0 saturated heterocycles. The predicted octanol–water partition coefficient (Wildman–Crippen LogP) is 5.73. The smallest absolute Gasteiger partial charge is 0.290 e. The van der Waals surface area contributed by atoms with Crippen LogP contribution in [-0.4, -0.2) is 68.8 Å². The molecule has 0 fully saturated rings. The number of benzene rings is 2. The van der Waals surface area contributed by atoms with E-state index in [1.807, 2.05) is 59.9 Å². The lowest BCUT2D eigenvalue weighted by Crippen LogP contribution is -2.34. The Kier molecular flexibility index (Phi) is 8.04. The summed E-state index contributed by atoms with van der Waals surface area (Å²) in [5, 5.41) is 11.2. The number of nitrogens with zero attached hydrogens (tertiary/aromatic N) is 4. The molecule has 0 bridgehead atoms. The topological polar surface area (TPSA) is 87.4 Å². The maximum Gasteiger partial charge on any atom is 0.290 e. The van der Waals surface area contributed by atoms with E-state index in [-0.39, 0.29) is 11.4 Å². The quantitative estimate of drug-likeness (QED) is 0.176. The second-order valence-corrected chi connectivity index (χ2v) is 10.8. The number of para-hydroxylation sites is 2. The number of ether oxygens (including phenoxy) is 1. The Balaban J connectivity index is 1.55. The van der Waals surface area contributed by atoms with Gasteiger partial charge in [0.05, 0.1) is 27.5 Å². The van der Waals surface area contributed by atoms with E-state index in [4.69, 9.17) is 4.74 Å². The number of hydrogen-bond acceptors (Lipinski definition) is 7. The molecule has 4 aromatic rings. The van der Waals surface area contributed by atoms with E-state index in [2.05, 4.69) is 30.3 Å². The maximum atomic E-state index is 14.2. The fourth-order valence-electron chi connectivity index (χ4n) is 5.39. The van der Waals surface area contributed by atoms with Gasteiger partial charge in [0.2, 0.25) is 5.78 Å². The van der Waals surface area contributed by atoms with Gasteiger partial charge >= 0.3 is 0 Å². The zero-order valence-electron chi connectivity index (χ0n) is 23.1. The first-order chi connectivity index (χ1) is 19.4. The van der Waals surface area contributed by atoms with E-state index >= 15 is 0 Å². The van der Waals surface area contributed by atoms with E-state index in [1.165, 1.54) is 11.3 Å². The summed E-state index contributed by atoms with van der Waals surface area (Å²) in [6.07, 6.45) is 2.37. The minimum Gasteiger partial charge on any atom is -0.503 e. The lowest BCUT2D eigenvalue weighted by molar-refractivity contribution is -0.129. The van der Waals surface area contributed by atoms with Gasteiger partial charge in [-0.2, -0.15) is 0 Å². The van der Waals surface area contributed by atoms with Crippen molar-refractivity contribution in [1.82, 2.24) is 19.2 Å². The van der Waals surface area contributed by atoms with Crippen LogP contribution in [0.25, 0.3) is 16.0 Å². The highest BCUT2D eigenvalue weighted by atomic mass is 32.1. The number of aliphatic hydroxyl groups excluding tert-OH is 1. The number of Topliss-reactive ketones (excluding diaryl/α,β-unsaturated/α-hetero) is 1. The highest BCUT2D eigenvalue weighted by Gasteiger charge is 2.44. The van der Waals surface area contributed by atoms with E-state index in [9.17, 15) is 14.7 Å². The van der Waals surface area contributed by atoms with Gasteiger partial charge in [0.1, 0.15) is 12.4 Å². The van der Waals surface area contributed by atoms with Gasteiger partial charge in [0.25, 0.3) is 5.91 Å². The van der Waals surface area contributed by atoms with Crippen molar-refractivity contribution in [2.75, 3.05) is 32.8 Å². The number of rotatable bonds is 12. The van der Waals surface area contributed by atoms with Crippen molar-refractivity contribution in [3.8, 4) is 5.75 Å². The fraction of sp³-hybridized carbons (Fsp3) is 0.323. The average molecular weight is 559 g/mol. The van der Waals surface area contributed by atoms with Gasteiger partial charge < -0.3 is 19.6 Å². The van der Waals surface area contributed by atoms with Gasteiger partial charge in [-0.25, -0.2) is 4.98 Å². The molecule has 2 aromatic heterocycles. The molecule has 0 aliphatic carbocycles. The van der Waals surface area contributed by atoms with Crippen molar-refractivity contribution in [1.29, 1.82) is 0 Å². The van der Waals surface area contributed by atoms with Gasteiger partial charge in [-0.15, -0.1) is 0 Å². The van der Waals surface area contributed by atoms with Crippen LogP contribution in [0, 0.1) is 6.92 Å². The molecule has 3 heterocycles. The van der Waals surface area contributed by atoms with Gasteiger partial charge in [-0.3, -0.25) is 14.0 Å². The van der Waals surface area contributed by atoms with Crippen LogP contribution in [0.4, 0.5) is 0 Å². The minimum absolute atomic E-state index is 0.0885. The fourth-order valence-corrected chi connectivity index (χ4v) is 6.49. The normalized spacial score (nSPS) is 15.7. The summed E-state index contributed by atoms with van der Waals surface area (Å²) in [4.78, 5) is 37.4. The van der Waals surface area contributed by atoms with Crippen LogP contribution in [-0.2, 0) is 4.79 Å². The zero-order valence-corrected chi connectivity index (χ0v) is 23.9. The molecule has 1 aliphatic heterocycles. The molecule has 9 heteroatoms. The number of aryl methyl sites for hydroxylation is 1. The molecule has 8 nitrogen and oxygen atoms in total. The summed E-state index contributed by atoms with van der Waals surface area (Å²) < 4.78 is 7.72. The summed E-state index contributed by atoms with van der Waals surface area (Å²) in [5.74, 6) is -0.791. The molecule has 1 unspecified atom stereocenters. The number of aromatic nitrogens is 2. The number of ketones is 1. The lowest BCUT2D eigenvalue weighted by atomic mass is 9.94. The zero-order chi connectivity index (χ0) is 28.4. The average Bonchev–Trinajstić information content (AvgIpc) is 3.58.